The molecule has 2 aromatic carbocycles. The van der Waals surface area contributed by atoms with Gasteiger partial charge < -0.3 is 10.1 Å². The fourth-order valence-corrected chi connectivity index (χ4v) is 3.32. The summed E-state index contributed by atoms with van der Waals surface area (Å²) in [6, 6.07) is 19.3. The lowest BCUT2D eigenvalue weighted by Crippen LogP contribution is -2.14. The molecule has 0 radical (unpaired) electrons. The molecule has 1 amide bonds. The number of carbonyl (C=O) groups is 1. The second kappa shape index (κ2) is 9.26. The summed E-state index contributed by atoms with van der Waals surface area (Å²) in [4.78, 5) is 17.1. The highest BCUT2D eigenvalue weighted by atomic mass is 16.5. The first-order chi connectivity index (χ1) is 15.1. The molecular formula is C25H24N4O2. The van der Waals surface area contributed by atoms with Crippen LogP contribution in [0.2, 0.25) is 0 Å². The van der Waals surface area contributed by atoms with Crippen molar-refractivity contribution in [3.63, 3.8) is 0 Å². The first-order valence-electron chi connectivity index (χ1n) is 10.2. The average molecular weight is 412 g/mol. The van der Waals surface area contributed by atoms with E-state index in [4.69, 9.17) is 4.74 Å². The fraction of sp³-hybridized carbons (Fsp3) is 0.160. The largest absolute Gasteiger partial charge is 0.489 e. The summed E-state index contributed by atoms with van der Waals surface area (Å²) >= 11 is 0. The molecule has 31 heavy (non-hydrogen) atoms. The van der Waals surface area contributed by atoms with Gasteiger partial charge in [-0.15, -0.1) is 0 Å². The Labute approximate surface area is 181 Å². The minimum atomic E-state index is -0.195. The maximum absolute atomic E-state index is 13.0. The van der Waals surface area contributed by atoms with Gasteiger partial charge in [0.15, 0.2) is 0 Å². The first-order valence-corrected chi connectivity index (χ1v) is 10.2. The van der Waals surface area contributed by atoms with Crippen LogP contribution in [-0.4, -0.2) is 20.7 Å². The van der Waals surface area contributed by atoms with E-state index < -0.39 is 0 Å². The lowest BCUT2D eigenvalue weighted by Gasteiger charge is -2.10. The number of aryl methyl sites for hydroxylation is 1. The summed E-state index contributed by atoms with van der Waals surface area (Å²) < 4.78 is 7.65. The normalized spacial score (nSPS) is 10.6. The zero-order valence-electron chi connectivity index (χ0n) is 17.6. The van der Waals surface area contributed by atoms with E-state index in [9.17, 15) is 4.79 Å². The molecule has 0 saturated heterocycles. The molecule has 0 aliphatic heterocycles. The van der Waals surface area contributed by atoms with E-state index in [0.717, 1.165) is 16.9 Å². The smallest absolute Gasteiger partial charge is 0.259 e. The third kappa shape index (κ3) is 4.80. The number of hydrogen-bond donors (Lipinski definition) is 1. The summed E-state index contributed by atoms with van der Waals surface area (Å²) in [7, 11) is 0. The van der Waals surface area contributed by atoms with Crippen molar-refractivity contribution in [1.82, 2.24) is 14.8 Å². The molecule has 0 aliphatic rings. The number of pyridine rings is 1. The van der Waals surface area contributed by atoms with Crippen molar-refractivity contribution in [2.45, 2.75) is 26.9 Å². The van der Waals surface area contributed by atoms with Gasteiger partial charge in [-0.25, -0.2) is 4.68 Å². The number of ether oxygens (including phenoxy) is 1. The monoisotopic (exact) mass is 412 g/mol. The average Bonchev–Trinajstić information content (AvgIpc) is 3.23. The van der Waals surface area contributed by atoms with Gasteiger partial charge in [-0.05, 0) is 43.7 Å². The summed E-state index contributed by atoms with van der Waals surface area (Å²) in [6.07, 6.45) is 5.80. The van der Waals surface area contributed by atoms with Crippen LogP contribution >= 0.6 is 0 Å². The van der Waals surface area contributed by atoms with Crippen molar-refractivity contribution in [2.24, 2.45) is 0 Å². The summed E-state index contributed by atoms with van der Waals surface area (Å²) in [5, 5.41) is 7.42. The maximum atomic E-state index is 13.0. The molecule has 0 unspecified atom stereocenters. The Morgan fingerprint density at radius 1 is 1.06 bits per heavy atom. The number of anilines is 1. The van der Waals surface area contributed by atoms with Gasteiger partial charge >= 0.3 is 0 Å². The molecule has 2 aromatic heterocycles. The second-order valence-corrected chi connectivity index (χ2v) is 7.24. The number of amides is 1. The van der Waals surface area contributed by atoms with Crippen molar-refractivity contribution in [3.05, 3.63) is 102 Å². The van der Waals surface area contributed by atoms with Crippen molar-refractivity contribution in [3.8, 4) is 11.4 Å². The Hall–Kier alpha value is -3.93. The van der Waals surface area contributed by atoms with E-state index in [2.05, 4.69) is 15.4 Å². The van der Waals surface area contributed by atoms with Crippen molar-refractivity contribution < 1.29 is 9.53 Å². The van der Waals surface area contributed by atoms with Crippen molar-refractivity contribution >= 4 is 11.6 Å². The van der Waals surface area contributed by atoms with Gasteiger partial charge in [0.2, 0.25) is 0 Å². The van der Waals surface area contributed by atoms with E-state index in [1.54, 1.807) is 18.6 Å². The van der Waals surface area contributed by atoms with Crippen molar-refractivity contribution in [1.29, 1.82) is 0 Å². The van der Waals surface area contributed by atoms with Crippen LogP contribution in [0.25, 0.3) is 5.69 Å². The predicted octanol–water partition coefficient (Wildman–Crippen LogP) is 4.97. The molecule has 156 valence electrons. The van der Waals surface area contributed by atoms with Crippen LogP contribution in [0.1, 0.15) is 34.1 Å². The molecule has 0 bridgehead atoms. The molecule has 0 spiro atoms. The van der Waals surface area contributed by atoms with Crippen LogP contribution in [0.4, 0.5) is 5.69 Å². The van der Waals surface area contributed by atoms with Crippen LogP contribution < -0.4 is 10.1 Å². The Kier molecular flexibility index (Phi) is 6.08. The summed E-state index contributed by atoms with van der Waals surface area (Å²) in [5.74, 6) is 0.479. The third-order valence-corrected chi connectivity index (χ3v) is 4.95. The number of hydrogen-bond acceptors (Lipinski definition) is 4. The zero-order valence-corrected chi connectivity index (χ0v) is 17.6. The number of nitrogens with one attached hydrogen (secondary N) is 1. The van der Waals surface area contributed by atoms with Crippen LogP contribution in [0.15, 0.2) is 79.3 Å². The van der Waals surface area contributed by atoms with Gasteiger partial charge in [-0.2, -0.15) is 5.10 Å². The Balaban J connectivity index is 1.49. The quantitative estimate of drug-likeness (QED) is 0.465. The topological polar surface area (TPSA) is 69.0 Å². The molecule has 6 heteroatoms. The summed E-state index contributed by atoms with van der Waals surface area (Å²) in [6.45, 7) is 4.47. The maximum Gasteiger partial charge on any atom is 0.259 e. The second-order valence-electron chi connectivity index (χ2n) is 7.24. The summed E-state index contributed by atoms with van der Waals surface area (Å²) in [5.41, 5.74) is 5.19. The highest BCUT2D eigenvalue weighted by Crippen LogP contribution is 2.21. The van der Waals surface area contributed by atoms with E-state index in [1.165, 1.54) is 5.56 Å². The molecule has 4 rings (SSSR count). The van der Waals surface area contributed by atoms with Crippen molar-refractivity contribution in [2.75, 3.05) is 5.32 Å². The minimum absolute atomic E-state index is 0.195. The van der Waals surface area contributed by atoms with Gasteiger partial charge in [0.05, 0.1) is 23.1 Å². The Bertz CT molecular complexity index is 1170. The molecule has 0 fully saturated rings. The predicted molar refractivity (Wildman–Crippen MR) is 121 cm³/mol. The lowest BCUT2D eigenvalue weighted by atomic mass is 10.1. The van der Waals surface area contributed by atoms with E-state index in [0.29, 0.717) is 30.0 Å². The van der Waals surface area contributed by atoms with Crippen LogP contribution in [0.3, 0.4) is 0 Å². The number of nitrogens with zero attached hydrogens (tertiary/aromatic N) is 3. The first kappa shape index (κ1) is 20.3. The highest BCUT2D eigenvalue weighted by Gasteiger charge is 2.17. The van der Waals surface area contributed by atoms with Gasteiger partial charge in [0, 0.05) is 29.7 Å². The van der Waals surface area contributed by atoms with Gasteiger partial charge in [-0.3, -0.25) is 9.78 Å². The molecule has 6 nitrogen and oxygen atoms in total. The minimum Gasteiger partial charge on any atom is -0.489 e. The number of carbonyl (C=O) groups excluding carboxylic acids is 1. The molecule has 0 saturated carbocycles. The number of benzene rings is 2. The van der Waals surface area contributed by atoms with Gasteiger partial charge in [-0.1, -0.05) is 36.8 Å². The standard InChI is InChI=1S/C25H24N4O2/c1-3-24-23(16-27-29(24)21-11-9-18(2)10-12-21)25(30)28-20-7-4-8-22(14-20)31-17-19-6-5-13-26-15-19/h4-16H,3,17H2,1-2H3,(H,28,30). The molecular weight excluding hydrogens is 388 g/mol. The van der Waals surface area contributed by atoms with Crippen LogP contribution in [-0.2, 0) is 13.0 Å². The highest BCUT2D eigenvalue weighted by molar-refractivity contribution is 6.05. The Morgan fingerprint density at radius 3 is 2.65 bits per heavy atom. The number of rotatable bonds is 7. The van der Waals surface area contributed by atoms with E-state index in [-0.39, 0.29) is 5.91 Å². The van der Waals surface area contributed by atoms with Gasteiger partial charge in [0.1, 0.15) is 12.4 Å². The van der Waals surface area contributed by atoms with E-state index in [1.807, 2.05) is 79.2 Å². The van der Waals surface area contributed by atoms with E-state index >= 15 is 0 Å². The number of aromatic nitrogens is 3. The Morgan fingerprint density at radius 2 is 1.90 bits per heavy atom. The fourth-order valence-electron chi connectivity index (χ4n) is 3.32. The molecule has 4 aromatic rings. The molecule has 2 heterocycles. The van der Waals surface area contributed by atoms with Gasteiger partial charge in [0.25, 0.3) is 5.91 Å². The van der Waals surface area contributed by atoms with Crippen LogP contribution in [0.5, 0.6) is 5.75 Å². The zero-order chi connectivity index (χ0) is 21.6. The lowest BCUT2D eigenvalue weighted by molar-refractivity contribution is 0.102. The molecule has 0 atom stereocenters. The third-order valence-electron chi connectivity index (χ3n) is 4.95. The SMILES string of the molecule is CCc1c(C(=O)Nc2cccc(OCc3cccnc3)c2)cnn1-c1ccc(C)cc1. The molecule has 1 N–H and O–H groups in total. The van der Waals surface area contributed by atoms with Crippen LogP contribution in [0, 0.1) is 6.92 Å². The molecule has 0 aliphatic carbocycles.